The Morgan fingerprint density at radius 1 is 1.32 bits per heavy atom. The molecule has 0 saturated carbocycles. The van der Waals surface area contributed by atoms with Gasteiger partial charge >= 0.3 is 6.09 Å². The molecule has 1 aliphatic rings. The summed E-state index contributed by atoms with van der Waals surface area (Å²) < 4.78 is 5.43. The van der Waals surface area contributed by atoms with Crippen molar-refractivity contribution < 1.29 is 9.53 Å². The van der Waals surface area contributed by atoms with Crippen molar-refractivity contribution in [3.8, 4) is 0 Å². The standard InChI is InChI=1S/C18H25ClN4O2/c1-6-20-16(14-12-21-15(19)11-13(14)2)22-7-9-23(10-8-22)17(24)25-18(3,4)5/h6,11-12H,1,7-10H2,2-5H3/b20-16+. The van der Waals surface area contributed by atoms with Gasteiger partial charge in [0.05, 0.1) is 0 Å². The summed E-state index contributed by atoms with van der Waals surface area (Å²) >= 11 is 5.95. The molecule has 2 heterocycles. The Balaban J connectivity index is 2.10. The minimum absolute atomic E-state index is 0.279. The molecule has 136 valence electrons. The van der Waals surface area contributed by atoms with Crippen LogP contribution in [0.15, 0.2) is 30.0 Å². The molecule has 1 aromatic rings. The van der Waals surface area contributed by atoms with Gasteiger partial charge in [-0.05, 0) is 39.3 Å². The minimum atomic E-state index is -0.490. The fourth-order valence-electron chi connectivity index (χ4n) is 2.59. The van der Waals surface area contributed by atoms with Crippen LogP contribution in [0.2, 0.25) is 5.15 Å². The summed E-state index contributed by atoms with van der Waals surface area (Å²) in [4.78, 5) is 24.6. The number of pyridine rings is 1. The summed E-state index contributed by atoms with van der Waals surface area (Å²) in [6.07, 6.45) is 2.96. The average Bonchev–Trinajstić information content (AvgIpc) is 2.52. The average molecular weight is 365 g/mol. The third-order valence-electron chi connectivity index (χ3n) is 3.76. The van der Waals surface area contributed by atoms with Crippen LogP contribution >= 0.6 is 11.6 Å². The lowest BCUT2D eigenvalue weighted by Gasteiger charge is -2.37. The van der Waals surface area contributed by atoms with Crippen molar-refractivity contribution in [1.29, 1.82) is 0 Å². The second-order valence-corrected chi connectivity index (χ2v) is 7.30. The van der Waals surface area contributed by atoms with Crippen LogP contribution in [-0.2, 0) is 4.74 Å². The minimum Gasteiger partial charge on any atom is -0.444 e. The number of carbonyl (C=O) groups excluding carboxylic acids is 1. The van der Waals surface area contributed by atoms with Crippen molar-refractivity contribution >= 4 is 23.5 Å². The first-order valence-electron chi connectivity index (χ1n) is 8.25. The van der Waals surface area contributed by atoms with E-state index in [4.69, 9.17) is 16.3 Å². The van der Waals surface area contributed by atoms with Gasteiger partial charge < -0.3 is 14.5 Å². The van der Waals surface area contributed by atoms with E-state index in [0.29, 0.717) is 31.3 Å². The molecule has 1 amide bonds. The molecule has 0 radical (unpaired) electrons. The molecular weight excluding hydrogens is 340 g/mol. The van der Waals surface area contributed by atoms with Crippen molar-refractivity contribution in [1.82, 2.24) is 14.8 Å². The second-order valence-electron chi connectivity index (χ2n) is 6.91. The summed E-state index contributed by atoms with van der Waals surface area (Å²) in [6.45, 7) is 13.7. The third-order valence-corrected chi connectivity index (χ3v) is 3.97. The summed E-state index contributed by atoms with van der Waals surface area (Å²) in [7, 11) is 0. The highest BCUT2D eigenvalue weighted by Gasteiger charge is 2.27. The molecule has 7 heteroatoms. The number of nitrogens with zero attached hydrogens (tertiary/aromatic N) is 4. The fourth-order valence-corrected chi connectivity index (χ4v) is 2.80. The molecule has 1 saturated heterocycles. The molecular formula is C18H25ClN4O2. The Morgan fingerprint density at radius 2 is 1.92 bits per heavy atom. The Bertz CT molecular complexity index is 674. The molecule has 0 spiro atoms. The Kier molecular flexibility index (Phi) is 6.06. The zero-order valence-electron chi connectivity index (χ0n) is 15.3. The van der Waals surface area contributed by atoms with Crippen LogP contribution in [0, 0.1) is 6.92 Å². The molecule has 1 aromatic heterocycles. The largest absolute Gasteiger partial charge is 0.444 e. The van der Waals surface area contributed by atoms with Crippen molar-refractivity contribution in [3.63, 3.8) is 0 Å². The lowest BCUT2D eigenvalue weighted by Crippen LogP contribution is -2.51. The first-order chi connectivity index (χ1) is 11.7. The van der Waals surface area contributed by atoms with Crippen LogP contribution in [0.5, 0.6) is 0 Å². The summed E-state index contributed by atoms with van der Waals surface area (Å²) in [5, 5.41) is 0.453. The molecule has 2 rings (SSSR count). The molecule has 1 aliphatic heterocycles. The smallest absolute Gasteiger partial charge is 0.410 e. The number of piperazine rings is 1. The van der Waals surface area contributed by atoms with E-state index < -0.39 is 5.60 Å². The van der Waals surface area contributed by atoms with Gasteiger partial charge in [0.25, 0.3) is 0 Å². The maximum atomic E-state index is 12.2. The fraction of sp³-hybridized carbons (Fsp3) is 0.500. The zero-order valence-corrected chi connectivity index (χ0v) is 16.0. The number of halogens is 1. The van der Waals surface area contributed by atoms with Crippen LogP contribution in [0.3, 0.4) is 0 Å². The van der Waals surface area contributed by atoms with E-state index in [1.807, 2.05) is 33.8 Å². The van der Waals surface area contributed by atoms with Crippen LogP contribution in [-0.4, -0.2) is 58.5 Å². The number of amides is 1. The Morgan fingerprint density at radius 3 is 2.44 bits per heavy atom. The molecule has 0 aliphatic carbocycles. The van der Waals surface area contributed by atoms with Gasteiger partial charge in [0, 0.05) is 44.1 Å². The van der Waals surface area contributed by atoms with E-state index in [1.165, 1.54) is 6.20 Å². The number of aliphatic imine (C=N–C) groups is 1. The topological polar surface area (TPSA) is 58.0 Å². The first kappa shape index (κ1) is 19.2. The van der Waals surface area contributed by atoms with E-state index in [-0.39, 0.29) is 6.09 Å². The molecule has 0 bridgehead atoms. The maximum Gasteiger partial charge on any atom is 0.410 e. The number of ether oxygens (including phenoxy) is 1. The highest BCUT2D eigenvalue weighted by atomic mass is 35.5. The van der Waals surface area contributed by atoms with Crippen molar-refractivity contribution in [2.24, 2.45) is 4.99 Å². The van der Waals surface area contributed by atoms with Crippen molar-refractivity contribution in [2.75, 3.05) is 26.2 Å². The number of aromatic nitrogens is 1. The number of carbonyl (C=O) groups is 1. The highest BCUT2D eigenvalue weighted by Crippen LogP contribution is 2.18. The maximum absolute atomic E-state index is 12.2. The van der Waals surface area contributed by atoms with Crippen molar-refractivity contribution in [3.05, 3.63) is 41.3 Å². The molecule has 6 nitrogen and oxygen atoms in total. The van der Waals surface area contributed by atoms with Gasteiger partial charge in [-0.3, -0.25) is 0 Å². The van der Waals surface area contributed by atoms with E-state index >= 15 is 0 Å². The highest BCUT2D eigenvalue weighted by molar-refractivity contribution is 6.29. The monoisotopic (exact) mass is 364 g/mol. The van der Waals surface area contributed by atoms with Gasteiger partial charge in [-0.15, -0.1) is 0 Å². The lowest BCUT2D eigenvalue weighted by atomic mass is 10.1. The Labute approximate surface area is 154 Å². The lowest BCUT2D eigenvalue weighted by molar-refractivity contribution is 0.0187. The molecule has 0 N–H and O–H groups in total. The van der Waals surface area contributed by atoms with E-state index in [0.717, 1.165) is 17.0 Å². The molecule has 0 unspecified atom stereocenters. The Hall–Kier alpha value is -2.08. The van der Waals surface area contributed by atoms with Gasteiger partial charge in [-0.1, -0.05) is 18.2 Å². The number of hydrogen-bond donors (Lipinski definition) is 0. The van der Waals surface area contributed by atoms with Crippen molar-refractivity contribution in [2.45, 2.75) is 33.3 Å². The summed E-state index contributed by atoms with van der Waals surface area (Å²) in [6, 6.07) is 1.81. The summed E-state index contributed by atoms with van der Waals surface area (Å²) in [5.74, 6) is 0.792. The van der Waals surface area contributed by atoms with E-state index in [1.54, 1.807) is 11.1 Å². The summed E-state index contributed by atoms with van der Waals surface area (Å²) in [5.41, 5.74) is 1.42. The van der Waals surface area contributed by atoms with Gasteiger partial charge in [-0.25, -0.2) is 14.8 Å². The number of aryl methyl sites for hydroxylation is 1. The van der Waals surface area contributed by atoms with E-state index in [2.05, 4.69) is 21.5 Å². The molecule has 0 atom stereocenters. The third kappa shape index (κ3) is 5.19. The first-order valence-corrected chi connectivity index (χ1v) is 8.63. The number of amidine groups is 1. The van der Waals surface area contributed by atoms with Crippen LogP contribution in [0.1, 0.15) is 31.9 Å². The number of hydrogen-bond acceptors (Lipinski definition) is 4. The molecule has 1 fully saturated rings. The quantitative estimate of drug-likeness (QED) is 0.458. The normalized spacial score (nSPS) is 16.0. The van der Waals surface area contributed by atoms with Gasteiger partial charge in [-0.2, -0.15) is 0 Å². The van der Waals surface area contributed by atoms with Crippen LogP contribution in [0.25, 0.3) is 0 Å². The molecule has 0 aromatic carbocycles. The van der Waals surface area contributed by atoms with E-state index in [9.17, 15) is 4.79 Å². The van der Waals surface area contributed by atoms with Gasteiger partial charge in [0.15, 0.2) is 0 Å². The predicted octanol–water partition coefficient (Wildman–Crippen LogP) is 3.49. The number of rotatable bonds is 2. The van der Waals surface area contributed by atoms with Crippen LogP contribution in [0.4, 0.5) is 4.79 Å². The molecule has 25 heavy (non-hydrogen) atoms. The van der Waals surface area contributed by atoms with Gasteiger partial charge in [0.1, 0.15) is 16.6 Å². The van der Waals surface area contributed by atoms with Crippen LogP contribution < -0.4 is 0 Å². The van der Waals surface area contributed by atoms with Gasteiger partial charge in [0.2, 0.25) is 0 Å². The SMILES string of the molecule is C=C/N=C(\c1cnc(Cl)cc1C)N1CCN(C(=O)OC(C)(C)C)CC1. The second kappa shape index (κ2) is 7.87. The predicted molar refractivity (Wildman–Crippen MR) is 100 cm³/mol. The zero-order chi connectivity index (χ0) is 18.6.